The summed E-state index contributed by atoms with van der Waals surface area (Å²) in [5.74, 6) is 1.24. The zero-order valence-electron chi connectivity index (χ0n) is 14.1. The highest BCUT2D eigenvalue weighted by Gasteiger charge is 2.31. The van der Waals surface area contributed by atoms with E-state index in [1.165, 1.54) is 6.42 Å². The average Bonchev–Trinajstić information content (AvgIpc) is 2.52. The second-order valence-electron chi connectivity index (χ2n) is 7.20. The van der Waals surface area contributed by atoms with E-state index in [2.05, 4.69) is 6.92 Å². The Morgan fingerprint density at radius 3 is 2.41 bits per heavy atom. The van der Waals surface area contributed by atoms with E-state index in [1.54, 1.807) is 0 Å². The van der Waals surface area contributed by atoms with Crippen LogP contribution >= 0.6 is 0 Å². The summed E-state index contributed by atoms with van der Waals surface area (Å²) >= 11 is 0. The number of hydrogen-bond donors (Lipinski definition) is 1. The Balaban J connectivity index is 1.76. The molecule has 0 aliphatic carbocycles. The molecule has 2 atom stereocenters. The molecule has 0 spiro atoms. The van der Waals surface area contributed by atoms with Crippen molar-refractivity contribution in [3.05, 3.63) is 0 Å². The number of carbonyl (C=O) groups excluding carboxylic acids is 2. The summed E-state index contributed by atoms with van der Waals surface area (Å²) in [7, 11) is 0. The number of nitrogens with zero attached hydrogens (tertiary/aromatic N) is 2. The summed E-state index contributed by atoms with van der Waals surface area (Å²) in [6.07, 6.45) is 5.25. The molecular weight excluding hydrogens is 278 g/mol. The Bertz CT molecular complexity index is 389. The minimum Gasteiger partial charge on any atom is -0.343 e. The van der Waals surface area contributed by atoms with Gasteiger partial charge in [0.1, 0.15) is 0 Å². The fraction of sp³-hybridized carbons (Fsp3) is 0.882. The number of hydrogen-bond acceptors (Lipinski definition) is 3. The van der Waals surface area contributed by atoms with E-state index in [1.807, 2.05) is 16.7 Å². The van der Waals surface area contributed by atoms with Crippen LogP contribution < -0.4 is 5.73 Å². The molecule has 5 heteroatoms. The number of piperidine rings is 2. The van der Waals surface area contributed by atoms with Crippen molar-refractivity contribution in [1.82, 2.24) is 9.80 Å². The van der Waals surface area contributed by atoms with E-state index in [0.29, 0.717) is 18.2 Å². The Morgan fingerprint density at radius 2 is 1.82 bits per heavy atom. The van der Waals surface area contributed by atoms with Crippen molar-refractivity contribution < 1.29 is 9.59 Å². The molecule has 0 saturated carbocycles. The molecule has 2 aliphatic heterocycles. The Hall–Kier alpha value is -1.10. The van der Waals surface area contributed by atoms with Crippen LogP contribution in [0, 0.1) is 11.8 Å². The van der Waals surface area contributed by atoms with Gasteiger partial charge in [0.25, 0.3) is 0 Å². The molecule has 22 heavy (non-hydrogen) atoms. The van der Waals surface area contributed by atoms with Crippen molar-refractivity contribution in [2.75, 3.05) is 26.2 Å². The zero-order chi connectivity index (χ0) is 16.1. The fourth-order valence-electron chi connectivity index (χ4n) is 3.53. The third-order valence-electron chi connectivity index (χ3n) is 4.98. The van der Waals surface area contributed by atoms with Gasteiger partial charge in [-0.3, -0.25) is 9.59 Å². The maximum atomic E-state index is 12.6. The van der Waals surface area contributed by atoms with Gasteiger partial charge in [-0.25, -0.2) is 0 Å². The SMILES string of the molecule is CC(N)CCC(=O)N1CCC(C(=O)N2CCCC(C)C2)CC1. The van der Waals surface area contributed by atoms with Gasteiger partial charge in [0, 0.05) is 44.6 Å². The van der Waals surface area contributed by atoms with Gasteiger partial charge in [-0.05, 0) is 44.9 Å². The van der Waals surface area contributed by atoms with Crippen LogP contribution in [0.5, 0.6) is 0 Å². The van der Waals surface area contributed by atoms with Crippen molar-refractivity contribution in [2.24, 2.45) is 17.6 Å². The van der Waals surface area contributed by atoms with Gasteiger partial charge in [-0.2, -0.15) is 0 Å². The lowest BCUT2D eigenvalue weighted by atomic mass is 9.92. The highest BCUT2D eigenvalue weighted by molar-refractivity contribution is 5.80. The molecule has 126 valence electrons. The number of likely N-dealkylation sites (tertiary alicyclic amines) is 2. The van der Waals surface area contributed by atoms with E-state index in [-0.39, 0.29) is 17.9 Å². The highest BCUT2D eigenvalue weighted by atomic mass is 16.2. The monoisotopic (exact) mass is 309 g/mol. The molecule has 0 radical (unpaired) electrons. The summed E-state index contributed by atoms with van der Waals surface area (Å²) in [5, 5.41) is 0. The molecule has 0 bridgehead atoms. The summed E-state index contributed by atoms with van der Waals surface area (Å²) in [6, 6.07) is 0.0733. The lowest BCUT2D eigenvalue weighted by Gasteiger charge is -2.37. The number of carbonyl (C=O) groups is 2. The fourth-order valence-corrected chi connectivity index (χ4v) is 3.53. The van der Waals surface area contributed by atoms with E-state index >= 15 is 0 Å². The smallest absolute Gasteiger partial charge is 0.225 e. The molecule has 2 heterocycles. The molecule has 2 amide bonds. The van der Waals surface area contributed by atoms with Gasteiger partial charge < -0.3 is 15.5 Å². The van der Waals surface area contributed by atoms with Crippen LogP contribution in [0.25, 0.3) is 0 Å². The maximum absolute atomic E-state index is 12.6. The standard InChI is InChI=1S/C17H31N3O2/c1-13-4-3-9-20(12-13)17(22)15-7-10-19(11-8-15)16(21)6-5-14(2)18/h13-15H,3-12,18H2,1-2H3. The predicted octanol–water partition coefficient (Wildman–Crippen LogP) is 1.61. The molecule has 2 fully saturated rings. The quantitative estimate of drug-likeness (QED) is 0.858. The van der Waals surface area contributed by atoms with Crippen molar-refractivity contribution >= 4 is 11.8 Å². The molecule has 2 aliphatic rings. The lowest BCUT2D eigenvalue weighted by Crippen LogP contribution is -2.47. The van der Waals surface area contributed by atoms with Gasteiger partial charge >= 0.3 is 0 Å². The Morgan fingerprint density at radius 1 is 1.14 bits per heavy atom. The first-order chi connectivity index (χ1) is 10.5. The van der Waals surface area contributed by atoms with E-state index in [4.69, 9.17) is 5.73 Å². The second kappa shape index (κ2) is 7.95. The van der Waals surface area contributed by atoms with Crippen molar-refractivity contribution in [3.63, 3.8) is 0 Å². The second-order valence-corrected chi connectivity index (χ2v) is 7.20. The van der Waals surface area contributed by atoms with Crippen LogP contribution in [0.1, 0.15) is 52.4 Å². The largest absolute Gasteiger partial charge is 0.343 e. The molecule has 2 N–H and O–H groups in total. The topological polar surface area (TPSA) is 66.6 Å². The first-order valence-electron chi connectivity index (χ1n) is 8.79. The molecule has 2 unspecified atom stereocenters. The van der Waals surface area contributed by atoms with E-state index < -0.39 is 0 Å². The van der Waals surface area contributed by atoms with E-state index in [0.717, 1.165) is 51.9 Å². The van der Waals surface area contributed by atoms with Gasteiger partial charge in [-0.1, -0.05) is 6.92 Å². The molecular formula is C17H31N3O2. The van der Waals surface area contributed by atoms with Gasteiger partial charge in [0.05, 0.1) is 0 Å². The predicted molar refractivity (Wildman–Crippen MR) is 87.2 cm³/mol. The highest BCUT2D eigenvalue weighted by Crippen LogP contribution is 2.24. The molecule has 0 aromatic rings. The Kier molecular flexibility index (Phi) is 6.24. The van der Waals surface area contributed by atoms with Gasteiger partial charge in [0.15, 0.2) is 0 Å². The number of rotatable bonds is 4. The molecule has 5 nitrogen and oxygen atoms in total. The molecule has 2 rings (SSSR count). The van der Waals surface area contributed by atoms with Crippen LogP contribution in [0.3, 0.4) is 0 Å². The summed E-state index contributed by atoms with van der Waals surface area (Å²) in [4.78, 5) is 28.7. The van der Waals surface area contributed by atoms with Gasteiger partial charge in [0.2, 0.25) is 11.8 Å². The Labute approximate surface area is 134 Å². The van der Waals surface area contributed by atoms with Crippen LogP contribution in [0.2, 0.25) is 0 Å². The molecule has 2 saturated heterocycles. The van der Waals surface area contributed by atoms with E-state index in [9.17, 15) is 9.59 Å². The molecule has 0 aromatic heterocycles. The molecule has 0 aromatic carbocycles. The van der Waals surface area contributed by atoms with Gasteiger partial charge in [-0.15, -0.1) is 0 Å². The number of amides is 2. The lowest BCUT2D eigenvalue weighted by molar-refractivity contribution is -0.142. The summed E-state index contributed by atoms with van der Waals surface area (Å²) in [6.45, 7) is 7.41. The minimum absolute atomic E-state index is 0.0733. The maximum Gasteiger partial charge on any atom is 0.225 e. The first-order valence-corrected chi connectivity index (χ1v) is 8.79. The summed E-state index contributed by atoms with van der Waals surface area (Å²) < 4.78 is 0. The minimum atomic E-state index is 0.0733. The average molecular weight is 309 g/mol. The third kappa shape index (κ3) is 4.70. The third-order valence-corrected chi connectivity index (χ3v) is 4.98. The number of nitrogens with two attached hydrogens (primary N) is 1. The first kappa shape index (κ1) is 17.3. The normalized spacial score (nSPS) is 25.1. The zero-order valence-corrected chi connectivity index (χ0v) is 14.1. The van der Waals surface area contributed by atoms with Crippen LogP contribution in [0.4, 0.5) is 0 Å². The van der Waals surface area contributed by atoms with Crippen LogP contribution in [-0.4, -0.2) is 53.8 Å². The van der Waals surface area contributed by atoms with Crippen LogP contribution in [0.15, 0.2) is 0 Å². The summed E-state index contributed by atoms with van der Waals surface area (Å²) in [5.41, 5.74) is 5.70. The van der Waals surface area contributed by atoms with Crippen molar-refractivity contribution in [3.8, 4) is 0 Å². The van der Waals surface area contributed by atoms with Crippen molar-refractivity contribution in [1.29, 1.82) is 0 Å². The van der Waals surface area contributed by atoms with Crippen molar-refractivity contribution in [2.45, 2.75) is 58.4 Å². The van der Waals surface area contributed by atoms with Crippen LogP contribution in [-0.2, 0) is 9.59 Å².